The van der Waals surface area contributed by atoms with Crippen LogP contribution in [0.2, 0.25) is 0 Å². The van der Waals surface area contributed by atoms with Crippen molar-refractivity contribution in [2.75, 3.05) is 13.1 Å². The smallest absolute Gasteiger partial charge is 0.221 e. The van der Waals surface area contributed by atoms with Crippen LogP contribution in [0.5, 0.6) is 5.75 Å². The summed E-state index contributed by atoms with van der Waals surface area (Å²) in [4.78, 5) is 12.0. The first-order valence-corrected chi connectivity index (χ1v) is 9.15. The van der Waals surface area contributed by atoms with E-state index in [4.69, 9.17) is 4.74 Å². The Morgan fingerprint density at radius 1 is 1.22 bits per heavy atom. The number of benzene rings is 2. The maximum absolute atomic E-state index is 12.0. The molecular weight excluding hydrogens is 364 g/mol. The number of hydrogen-bond donors (Lipinski definition) is 3. The van der Waals surface area contributed by atoms with Crippen molar-refractivity contribution in [1.82, 2.24) is 10.6 Å². The average molecular weight is 391 g/mol. The SMILES string of the molecule is Cl.O=C(CC1CCCN1)NCC(O)c1cccc(OCc2ccccc2)c1. The molecule has 1 amide bonds. The van der Waals surface area contributed by atoms with E-state index in [1.54, 1.807) is 0 Å². The highest BCUT2D eigenvalue weighted by Gasteiger charge is 2.18. The van der Waals surface area contributed by atoms with Gasteiger partial charge in [-0.25, -0.2) is 0 Å². The lowest BCUT2D eigenvalue weighted by Gasteiger charge is -2.15. The number of carbonyl (C=O) groups is 1. The van der Waals surface area contributed by atoms with E-state index in [1.807, 2.05) is 54.6 Å². The van der Waals surface area contributed by atoms with Gasteiger partial charge in [0.25, 0.3) is 0 Å². The van der Waals surface area contributed by atoms with E-state index in [9.17, 15) is 9.90 Å². The van der Waals surface area contributed by atoms with Gasteiger partial charge in [0.1, 0.15) is 12.4 Å². The quantitative estimate of drug-likeness (QED) is 0.648. The molecule has 2 unspecified atom stereocenters. The number of amides is 1. The van der Waals surface area contributed by atoms with Crippen molar-refractivity contribution in [3.8, 4) is 5.75 Å². The second-order valence-corrected chi connectivity index (χ2v) is 6.66. The van der Waals surface area contributed by atoms with Gasteiger partial charge >= 0.3 is 0 Å². The zero-order valence-electron chi connectivity index (χ0n) is 15.3. The Bertz CT molecular complexity index is 706. The molecule has 1 aliphatic rings. The molecule has 6 heteroatoms. The number of halogens is 1. The number of ether oxygens (including phenoxy) is 1. The molecule has 2 aromatic carbocycles. The number of nitrogens with one attached hydrogen (secondary N) is 2. The first kappa shape index (κ1) is 21.2. The van der Waals surface area contributed by atoms with Crippen LogP contribution in [0, 0.1) is 0 Å². The monoisotopic (exact) mass is 390 g/mol. The van der Waals surface area contributed by atoms with Gasteiger partial charge in [-0.3, -0.25) is 4.79 Å². The summed E-state index contributed by atoms with van der Waals surface area (Å²) in [6.45, 7) is 1.66. The van der Waals surface area contributed by atoms with Gasteiger partial charge in [0.05, 0.1) is 6.10 Å². The van der Waals surface area contributed by atoms with Crippen molar-refractivity contribution in [2.45, 2.75) is 38.0 Å². The fourth-order valence-electron chi connectivity index (χ4n) is 3.11. The maximum Gasteiger partial charge on any atom is 0.221 e. The second kappa shape index (κ2) is 10.9. The van der Waals surface area contributed by atoms with Gasteiger partial charge in [0.15, 0.2) is 0 Å². The Kier molecular flexibility index (Phi) is 8.58. The Labute approximate surface area is 166 Å². The zero-order valence-corrected chi connectivity index (χ0v) is 16.1. The summed E-state index contributed by atoms with van der Waals surface area (Å²) < 4.78 is 5.79. The Hall–Kier alpha value is -2.08. The van der Waals surface area contributed by atoms with Crippen LogP contribution in [0.15, 0.2) is 54.6 Å². The molecule has 1 aliphatic heterocycles. The van der Waals surface area contributed by atoms with Gasteiger partial charge < -0.3 is 20.5 Å². The minimum Gasteiger partial charge on any atom is -0.489 e. The van der Waals surface area contributed by atoms with Crippen molar-refractivity contribution in [3.05, 3.63) is 65.7 Å². The molecule has 27 heavy (non-hydrogen) atoms. The van der Waals surface area contributed by atoms with Crippen molar-refractivity contribution >= 4 is 18.3 Å². The first-order valence-electron chi connectivity index (χ1n) is 9.15. The van der Waals surface area contributed by atoms with Crippen LogP contribution in [0.1, 0.15) is 36.5 Å². The molecule has 0 bridgehead atoms. The van der Waals surface area contributed by atoms with E-state index in [0.29, 0.717) is 18.8 Å². The molecule has 146 valence electrons. The van der Waals surface area contributed by atoms with Crippen LogP contribution in [0.3, 0.4) is 0 Å². The fourth-order valence-corrected chi connectivity index (χ4v) is 3.11. The molecular formula is C21H27ClN2O3. The molecule has 0 radical (unpaired) electrons. The molecule has 0 spiro atoms. The summed E-state index contributed by atoms with van der Waals surface area (Å²) in [7, 11) is 0. The highest BCUT2D eigenvalue weighted by atomic mass is 35.5. The third kappa shape index (κ3) is 6.86. The molecule has 0 aromatic heterocycles. The van der Waals surface area contributed by atoms with E-state index in [2.05, 4.69) is 10.6 Å². The van der Waals surface area contributed by atoms with E-state index < -0.39 is 6.10 Å². The van der Waals surface area contributed by atoms with Crippen LogP contribution in [0.4, 0.5) is 0 Å². The third-order valence-corrected chi connectivity index (χ3v) is 4.58. The predicted molar refractivity (Wildman–Crippen MR) is 108 cm³/mol. The Balaban J connectivity index is 0.00000261. The molecule has 1 fully saturated rings. The molecule has 1 heterocycles. The third-order valence-electron chi connectivity index (χ3n) is 4.58. The van der Waals surface area contributed by atoms with Gasteiger partial charge in [-0.1, -0.05) is 42.5 Å². The van der Waals surface area contributed by atoms with Gasteiger partial charge in [-0.05, 0) is 42.6 Å². The molecule has 3 rings (SSSR count). The summed E-state index contributed by atoms with van der Waals surface area (Å²) in [6.07, 6.45) is 1.87. The van der Waals surface area contributed by atoms with Crippen LogP contribution in [-0.4, -0.2) is 30.1 Å². The van der Waals surface area contributed by atoms with Crippen molar-refractivity contribution in [1.29, 1.82) is 0 Å². The molecule has 5 nitrogen and oxygen atoms in total. The molecule has 0 saturated carbocycles. The van der Waals surface area contributed by atoms with E-state index in [-0.39, 0.29) is 30.9 Å². The zero-order chi connectivity index (χ0) is 18.2. The molecule has 3 N–H and O–H groups in total. The summed E-state index contributed by atoms with van der Waals surface area (Å²) >= 11 is 0. The summed E-state index contributed by atoms with van der Waals surface area (Å²) in [5.74, 6) is 0.673. The van der Waals surface area contributed by atoms with Gasteiger partial charge in [-0.15, -0.1) is 12.4 Å². The van der Waals surface area contributed by atoms with Gasteiger partial charge in [-0.2, -0.15) is 0 Å². The minimum absolute atomic E-state index is 0. The number of rotatable bonds is 8. The van der Waals surface area contributed by atoms with Crippen LogP contribution < -0.4 is 15.4 Å². The number of aliphatic hydroxyl groups is 1. The number of carbonyl (C=O) groups excluding carboxylic acids is 1. The van der Waals surface area contributed by atoms with Crippen LogP contribution in [-0.2, 0) is 11.4 Å². The van der Waals surface area contributed by atoms with Crippen LogP contribution >= 0.6 is 12.4 Å². The molecule has 2 aromatic rings. The second-order valence-electron chi connectivity index (χ2n) is 6.66. The molecule has 0 aliphatic carbocycles. The lowest BCUT2D eigenvalue weighted by Crippen LogP contribution is -2.34. The lowest BCUT2D eigenvalue weighted by molar-refractivity contribution is -0.122. The summed E-state index contributed by atoms with van der Waals surface area (Å²) in [6, 6.07) is 17.6. The average Bonchev–Trinajstić information content (AvgIpc) is 3.18. The van der Waals surface area contributed by atoms with Crippen LogP contribution in [0.25, 0.3) is 0 Å². The maximum atomic E-state index is 12.0. The largest absolute Gasteiger partial charge is 0.489 e. The van der Waals surface area contributed by atoms with E-state index in [0.717, 1.165) is 30.5 Å². The van der Waals surface area contributed by atoms with Gasteiger partial charge in [0, 0.05) is 19.0 Å². The number of hydrogen-bond acceptors (Lipinski definition) is 4. The summed E-state index contributed by atoms with van der Waals surface area (Å²) in [5, 5.41) is 16.5. The Morgan fingerprint density at radius 3 is 2.78 bits per heavy atom. The standard InChI is InChI=1S/C21H26N2O3.ClH/c24-20(14-23-21(25)13-18-9-5-11-22-18)17-8-4-10-19(12-17)26-15-16-6-2-1-3-7-16;/h1-4,6-8,10,12,18,20,22,24H,5,9,11,13-15H2,(H,23,25);1H. The van der Waals surface area contributed by atoms with Gasteiger partial charge in [0.2, 0.25) is 5.91 Å². The summed E-state index contributed by atoms with van der Waals surface area (Å²) in [5.41, 5.74) is 1.82. The van der Waals surface area contributed by atoms with Crippen molar-refractivity contribution < 1.29 is 14.6 Å². The normalized spacial score (nSPS) is 17.0. The molecule has 1 saturated heterocycles. The van der Waals surface area contributed by atoms with E-state index >= 15 is 0 Å². The molecule has 2 atom stereocenters. The predicted octanol–water partition coefficient (Wildman–Crippen LogP) is 2.98. The Morgan fingerprint density at radius 2 is 2.04 bits per heavy atom. The lowest BCUT2D eigenvalue weighted by atomic mass is 10.1. The highest BCUT2D eigenvalue weighted by Crippen LogP contribution is 2.20. The minimum atomic E-state index is -0.754. The number of aliphatic hydroxyl groups excluding tert-OH is 1. The van der Waals surface area contributed by atoms with E-state index in [1.165, 1.54) is 0 Å². The van der Waals surface area contributed by atoms with Crippen molar-refractivity contribution in [2.24, 2.45) is 0 Å². The topological polar surface area (TPSA) is 70.6 Å². The highest BCUT2D eigenvalue weighted by molar-refractivity contribution is 5.85. The first-order chi connectivity index (χ1) is 12.7. The fraction of sp³-hybridized carbons (Fsp3) is 0.381. The van der Waals surface area contributed by atoms with Crippen molar-refractivity contribution in [3.63, 3.8) is 0 Å².